The molecular formula is C24H25N7O. The van der Waals surface area contributed by atoms with Gasteiger partial charge in [0, 0.05) is 62.4 Å². The summed E-state index contributed by atoms with van der Waals surface area (Å²) in [6, 6.07) is 11.5. The van der Waals surface area contributed by atoms with Crippen LogP contribution in [0, 0.1) is 11.3 Å². The van der Waals surface area contributed by atoms with Crippen LogP contribution in [0.4, 0.5) is 5.82 Å². The molecular weight excluding hydrogens is 402 g/mol. The van der Waals surface area contributed by atoms with E-state index in [1.165, 1.54) is 10.2 Å². The number of aromatic nitrogens is 4. The molecule has 0 amide bonds. The maximum absolute atomic E-state index is 12.3. The predicted molar refractivity (Wildman–Crippen MR) is 121 cm³/mol. The number of anilines is 1. The number of piperazine rings is 1. The Labute approximate surface area is 186 Å². The van der Waals surface area contributed by atoms with Gasteiger partial charge in [0.1, 0.15) is 11.9 Å². The lowest BCUT2D eigenvalue weighted by atomic mass is 10.1. The van der Waals surface area contributed by atoms with E-state index in [1.54, 1.807) is 24.5 Å². The summed E-state index contributed by atoms with van der Waals surface area (Å²) in [4.78, 5) is 25.8. The molecule has 3 aromatic heterocycles. The minimum Gasteiger partial charge on any atom is -0.353 e. The molecule has 1 fully saturated rings. The molecule has 0 radical (unpaired) electrons. The van der Waals surface area contributed by atoms with E-state index in [1.807, 2.05) is 18.2 Å². The first-order valence-electron chi connectivity index (χ1n) is 11.1. The van der Waals surface area contributed by atoms with Crippen LogP contribution in [0.3, 0.4) is 0 Å². The number of nitrogens with zero attached hydrogens (tertiary/aromatic N) is 7. The van der Waals surface area contributed by atoms with Crippen LogP contribution in [-0.4, -0.2) is 57.4 Å². The highest BCUT2D eigenvalue weighted by atomic mass is 16.1. The maximum Gasteiger partial charge on any atom is 0.266 e. The van der Waals surface area contributed by atoms with Crippen molar-refractivity contribution in [3.63, 3.8) is 0 Å². The molecule has 162 valence electrons. The summed E-state index contributed by atoms with van der Waals surface area (Å²) in [6.45, 7) is 4.64. The van der Waals surface area contributed by atoms with Crippen LogP contribution in [-0.2, 0) is 19.4 Å². The summed E-state index contributed by atoms with van der Waals surface area (Å²) < 4.78 is 1.53. The normalized spacial score (nSPS) is 16.0. The molecule has 0 saturated carbocycles. The topological polar surface area (TPSA) is 90.9 Å². The van der Waals surface area contributed by atoms with Gasteiger partial charge >= 0.3 is 0 Å². The van der Waals surface area contributed by atoms with E-state index in [0.717, 1.165) is 74.8 Å². The summed E-state index contributed by atoms with van der Waals surface area (Å²) in [7, 11) is 0. The second-order valence-electron chi connectivity index (χ2n) is 8.28. The Kier molecular flexibility index (Phi) is 5.65. The first kappa shape index (κ1) is 20.3. The van der Waals surface area contributed by atoms with Crippen LogP contribution in [0.25, 0.3) is 11.3 Å². The van der Waals surface area contributed by atoms with Gasteiger partial charge in [-0.25, -0.2) is 9.67 Å². The van der Waals surface area contributed by atoms with Crippen molar-refractivity contribution in [1.82, 2.24) is 24.6 Å². The third-order valence-corrected chi connectivity index (χ3v) is 6.27. The Morgan fingerprint density at radius 2 is 1.94 bits per heavy atom. The van der Waals surface area contributed by atoms with Crippen LogP contribution >= 0.6 is 0 Å². The summed E-state index contributed by atoms with van der Waals surface area (Å²) in [5.74, 6) is 0.829. The van der Waals surface area contributed by atoms with E-state index in [2.05, 4.69) is 26.0 Å². The smallest absolute Gasteiger partial charge is 0.266 e. The Balaban J connectivity index is 1.22. The SMILES string of the molecule is N#Cc1cc2c(nc1N1CCN(CCn3nc(-c4cccnc4)ccc3=O)CC1)CCC2. The molecule has 8 nitrogen and oxygen atoms in total. The zero-order chi connectivity index (χ0) is 21.9. The van der Waals surface area contributed by atoms with Crippen LogP contribution in [0.15, 0.2) is 47.5 Å². The number of aryl methyl sites for hydroxylation is 2. The summed E-state index contributed by atoms with van der Waals surface area (Å²) in [5, 5.41) is 14.1. The molecule has 0 unspecified atom stereocenters. The zero-order valence-electron chi connectivity index (χ0n) is 17.9. The van der Waals surface area contributed by atoms with Gasteiger partial charge < -0.3 is 4.90 Å². The molecule has 8 heteroatoms. The average Bonchev–Trinajstić information content (AvgIpc) is 3.31. The van der Waals surface area contributed by atoms with Gasteiger partial charge in [-0.2, -0.15) is 10.4 Å². The molecule has 1 aliphatic carbocycles. The minimum atomic E-state index is -0.0997. The van der Waals surface area contributed by atoms with Crippen LogP contribution in [0.5, 0.6) is 0 Å². The van der Waals surface area contributed by atoms with Crippen LogP contribution < -0.4 is 10.5 Å². The monoisotopic (exact) mass is 427 g/mol. The van der Waals surface area contributed by atoms with E-state index < -0.39 is 0 Å². The quantitative estimate of drug-likeness (QED) is 0.614. The Hall–Kier alpha value is -3.57. The third kappa shape index (κ3) is 4.12. The van der Waals surface area contributed by atoms with E-state index in [4.69, 9.17) is 4.98 Å². The van der Waals surface area contributed by atoms with Crippen LogP contribution in [0.1, 0.15) is 23.2 Å². The number of hydrogen-bond donors (Lipinski definition) is 0. The summed E-state index contributed by atoms with van der Waals surface area (Å²) in [6.07, 6.45) is 6.63. The lowest BCUT2D eigenvalue weighted by Crippen LogP contribution is -2.48. The lowest BCUT2D eigenvalue weighted by molar-refractivity contribution is 0.242. The molecule has 0 bridgehead atoms. The van der Waals surface area contributed by atoms with Crippen molar-refractivity contribution in [2.45, 2.75) is 25.8 Å². The molecule has 1 saturated heterocycles. The lowest BCUT2D eigenvalue weighted by Gasteiger charge is -2.35. The summed E-state index contributed by atoms with van der Waals surface area (Å²) >= 11 is 0. The van der Waals surface area contributed by atoms with Crippen molar-refractivity contribution in [2.75, 3.05) is 37.6 Å². The van der Waals surface area contributed by atoms with Crippen molar-refractivity contribution in [3.8, 4) is 17.3 Å². The number of pyridine rings is 2. The molecule has 5 rings (SSSR count). The van der Waals surface area contributed by atoms with Crippen molar-refractivity contribution in [3.05, 3.63) is 69.9 Å². The second-order valence-corrected chi connectivity index (χ2v) is 8.28. The molecule has 32 heavy (non-hydrogen) atoms. The molecule has 0 atom stereocenters. The van der Waals surface area contributed by atoms with Gasteiger partial charge in [0.15, 0.2) is 0 Å². The van der Waals surface area contributed by atoms with Crippen molar-refractivity contribution in [1.29, 1.82) is 5.26 Å². The minimum absolute atomic E-state index is 0.0997. The number of fused-ring (bicyclic) bond motifs is 1. The highest BCUT2D eigenvalue weighted by Gasteiger charge is 2.23. The Morgan fingerprint density at radius 3 is 2.72 bits per heavy atom. The van der Waals surface area contributed by atoms with Gasteiger partial charge in [0.25, 0.3) is 5.56 Å². The van der Waals surface area contributed by atoms with Gasteiger partial charge in [-0.1, -0.05) is 0 Å². The molecule has 0 spiro atoms. The van der Waals surface area contributed by atoms with Gasteiger partial charge in [0.2, 0.25) is 0 Å². The van der Waals surface area contributed by atoms with E-state index in [-0.39, 0.29) is 5.56 Å². The van der Waals surface area contributed by atoms with E-state index >= 15 is 0 Å². The average molecular weight is 428 g/mol. The van der Waals surface area contributed by atoms with E-state index in [0.29, 0.717) is 12.1 Å². The Bertz CT molecular complexity index is 1210. The highest BCUT2D eigenvalue weighted by molar-refractivity contribution is 5.57. The number of rotatable bonds is 5. The fourth-order valence-electron chi connectivity index (χ4n) is 4.48. The first-order valence-corrected chi connectivity index (χ1v) is 11.1. The standard InChI is InChI=1S/C24H25N7O/c25-16-20-15-18-3-1-5-21(18)27-24(20)30-12-9-29(10-13-30)11-14-31-23(32)7-6-22(28-31)19-4-2-8-26-17-19/h2,4,6-8,15,17H,1,3,5,9-14H2. The molecule has 2 aliphatic rings. The predicted octanol–water partition coefficient (Wildman–Crippen LogP) is 1.88. The largest absolute Gasteiger partial charge is 0.353 e. The van der Waals surface area contributed by atoms with Crippen molar-refractivity contribution >= 4 is 5.82 Å². The van der Waals surface area contributed by atoms with E-state index in [9.17, 15) is 10.1 Å². The van der Waals surface area contributed by atoms with Crippen molar-refractivity contribution in [2.24, 2.45) is 0 Å². The third-order valence-electron chi connectivity index (χ3n) is 6.27. The van der Waals surface area contributed by atoms with Crippen LogP contribution in [0.2, 0.25) is 0 Å². The van der Waals surface area contributed by atoms with Gasteiger partial charge in [-0.05, 0) is 49.1 Å². The molecule has 0 aromatic carbocycles. The number of nitriles is 1. The molecule has 0 N–H and O–H groups in total. The summed E-state index contributed by atoms with van der Waals surface area (Å²) in [5.41, 5.74) is 4.61. The fraction of sp³-hybridized carbons (Fsp3) is 0.375. The fourth-order valence-corrected chi connectivity index (χ4v) is 4.48. The molecule has 1 aliphatic heterocycles. The van der Waals surface area contributed by atoms with Crippen molar-refractivity contribution < 1.29 is 0 Å². The maximum atomic E-state index is 12.3. The highest BCUT2D eigenvalue weighted by Crippen LogP contribution is 2.27. The van der Waals surface area contributed by atoms with Gasteiger partial charge in [-0.3, -0.25) is 14.7 Å². The molecule has 4 heterocycles. The second kappa shape index (κ2) is 8.89. The zero-order valence-corrected chi connectivity index (χ0v) is 17.9. The number of hydrogen-bond acceptors (Lipinski definition) is 7. The first-order chi connectivity index (χ1) is 15.7. The van der Waals surface area contributed by atoms with Gasteiger partial charge in [-0.15, -0.1) is 0 Å². The Morgan fingerprint density at radius 1 is 1.06 bits per heavy atom. The van der Waals surface area contributed by atoms with Gasteiger partial charge in [0.05, 0.1) is 17.8 Å². The molecule has 3 aromatic rings.